The van der Waals surface area contributed by atoms with Crippen molar-refractivity contribution in [1.82, 2.24) is 5.32 Å². The summed E-state index contributed by atoms with van der Waals surface area (Å²) in [5.41, 5.74) is 9.63. The van der Waals surface area contributed by atoms with E-state index in [4.69, 9.17) is 5.73 Å². The molecule has 5 nitrogen and oxygen atoms in total. The number of hydrogen-bond acceptors (Lipinski definition) is 3. The molecule has 2 amide bonds. The molecule has 1 atom stereocenters. The highest BCUT2D eigenvalue weighted by Crippen LogP contribution is 2.18. The minimum atomic E-state index is -0.680. The number of carbonyl (C=O) groups excluding carboxylic acids is 2. The van der Waals surface area contributed by atoms with Crippen molar-refractivity contribution < 1.29 is 9.59 Å². The summed E-state index contributed by atoms with van der Waals surface area (Å²) in [6.45, 7) is 3.75. The molecule has 134 valence electrons. The van der Waals surface area contributed by atoms with Crippen LogP contribution in [0.5, 0.6) is 0 Å². The zero-order chi connectivity index (χ0) is 17.5. The second-order valence-corrected chi connectivity index (χ2v) is 5.83. The van der Waals surface area contributed by atoms with Gasteiger partial charge in [-0.15, -0.1) is 12.4 Å². The van der Waals surface area contributed by atoms with Gasteiger partial charge in [-0.3, -0.25) is 9.59 Å². The molecule has 0 aliphatic rings. The minimum absolute atomic E-state index is 0. The van der Waals surface area contributed by atoms with Crippen LogP contribution in [0.1, 0.15) is 16.7 Å². The molecule has 0 saturated heterocycles. The normalized spacial score (nSPS) is 11.2. The Morgan fingerprint density at radius 2 is 1.60 bits per heavy atom. The first-order valence-electron chi connectivity index (χ1n) is 7.90. The van der Waals surface area contributed by atoms with Crippen LogP contribution in [0, 0.1) is 13.8 Å². The van der Waals surface area contributed by atoms with Crippen molar-refractivity contribution in [2.24, 2.45) is 5.73 Å². The molecule has 1 unspecified atom stereocenters. The second kappa shape index (κ2) is 9.81. The lowest BCUT2D eigenvalue weighted by atomic mass is 10.1. The number of benzene rings is 2. The van der Waals surface area contributed by atoms with Gasteiger partial charge in [-0.1, -0.05) is 48.5 Å². The Balaban J connectivity index is 0.00000312. The van der Waals surface area contributed by atoms with Crippen LogP contribution in [0.3, 0.4) is 0 Å². The highest BCUT2D eigenvalue weighted by molar-refractivity contribution is 5.96. The van der Waals surface area contributed by atoms with E-state index in [0.29, 0.717) is 6.42 Å². The van der Waals surface area contributed by atoms with Crippen LogP contribution in [0.15, 0.2) is 48.5 Å². The molecule has 0 saturated carbocycles. The number of halogens is 1. The Bertz CT molecular complexity index is 700. The van der Waals surface area contributed by atoms with Crippen LogP contribution < -0.4 is 16.4 Å². The average molecular weight is 362 g/mol. The second-order valence-electron chi connectivity index (χ2n) is 5.83. The number of nitrogens with one attached hydrogen (secondary N) is 2. The largest absolute Gasteiger partial charge is 0.346 e. The number of hydrogen-bond donors (Lipinski definition) is 3. The van der Waals surface area contributed by atoms with Crippen LogP contribution in [-0.4, -0.2) is 24.4 Å². The maximum atomic E-state index is 12.0. The highest BCUT2D eigenvalue weighted by Gasteiger charge is 2.15. The number of aryl methyl sites for hydroxylation is 2. The molecule has 0 aliphatic carbocycles. The molecule has 2 rings (SSSR count). The fourth-order valence-corrected chi connectivity index (χ4v) is 2.45. The van der Waals surface area contributed by atoms with Crippen LogP contribution in [0.25, 0.3) is 0 Å². The number of para-hydroxylation sites is 1. The first-order valence-corrected chi connectivity index (χ1v) is 7.90. The van der Waals surface area contributed by atoms with Crippen molar-refractivity contribution in [2.75, 3.05) is 11.9 Å². The molecule has 0 bridgehead atoms. The van der Waals surface area contributed by atoms with Gasteiger partial charge in [0.1, 0.15) is 0 Å². The smallest absolute Gasteiger partial charge is 0.243 e. The summed E-state index contributed by atoms with van der Waals surface area (Å²) in [7, 11) is 0. The van der Waals surface area contributed by atoms with E-state index in [1.165, 1.54) is 0 Å². The van der Waals surface area contributed by atoms with Gasteiger partial charge < -0.3 is 16.4 Å². The zero-order valence-corrected chi connectivity index (χ0v) is 15.2. The summed E-state index contributed by atoms with van der Waals surface area (Å²) in [6.07, 6.45) is 0.436. The maximum Gasteiger partial charge on any atom is 0.243 e. The quantitative estimate of drug-likeness (QED) is 0.738. The molecule has 2 aromatic rings. The number of rotatable bonds is 6. The maximum absolute atomic E-state index is 12.0. The highest BCUT2D eigenvalue weighted by atomic mass is 35.5. The van der Waals surface area contributed by atoms with E-state index in [2.05, 4.69) is 10.6 Å². The lowest BCUT2D eigenvalue weighted by Crippen LogP contribution is -2.44. The standard InChI is InChI=1S/C19H23N3O2.ClH/c1-13-7-6-8-14(2)18(13)22-17(23)12-21-19(24)16(20)11-15-9-4-3-5-10-15;/h3-10,16H,11-12,20H2,1-2H3,(H,21,24)(H,22,23);1H. The average Bonchev–Trinajstić information content (AvgIpc) is 2.57. The van der Waals surface area contributed by atoms with Gasteiger partial charge in [0.25, 0.3) is 0 Å². The summed E-state index contributed by atoms with van der Waals surface area (Å²) in [4.78, 5) is 24.1. The fourth-order valence-electron chi connectivity index (χ4n) is 2.45. The van der Waals surface area contributed by atoms with Crippen molar-refractivity contribution in [1.29, 1.82) is 0 Å². The summed E-state index contributed by atoms with van der Waals surface area (Å²) in [5, 5.41) is 5.41. The van der Waals surface area contributed by atoms with E-state index in [9.17, 15) is 9.59 Å². The van der Waals surface area contributed by atoms with Gasteiger partial charge in [0.05, 0.1) is 12.6 Å². The molecule has 0 spiro atoms. The lowest BCUT2D eigenvalue weighted by Gasteiger charge is -2.14. The first-order chi connectivity index (χ1) is 11.5. The summed E-state index contributed by atoms with van der Waals surface area (Å²) >= 11 is 0. The Labute approximate surface area is 154 Å². The fraction of sp³-hybridized carbons (Fsp3) is 0.263. The Kier molecular flexibility index (Phi) is 8.11. The molecular weight excluding hydrogens is 338 g/mol. The van der Waals surface area contributed by atoms with Crippen molar-refractivity contribution in [3.63, 3.8) is 0 Å². The zero-order valence-electron chi connectivity index (χ0n) is 14.4. The van der Waals surface area contributed by atoms with Gasteiger partial charge in [0.2, 0.25) is 11.8 Å². The SMILES string of the molecule is Cc1cccc(C)c1NC(=O)CNC(=O)C(N)Cc1ccccc1.Cl. The van der Waals surface area contributed by atoms with E-state index in [1.807, 2.05) is 62.4 Å². The minimum Gasteiger partial charge on any atom is -0.346 e. The third kappa shape index (κ3) is 6.21. The number of amides is 2. The summed E-state index contributed by atoms with van der Waals surface area (Å²) in [6, 6.07) is 14.7. The lowest BCUT2D eigenvalue weighted by molar-refractivity contribution is -0.125. The molecule has 0 aliphatic heterocycles. The van der Waals surface area contributed by atoms with Crippen LogP contribution >= 0.6 is 12.4 Å². The predicted octanol–water partition coefficient (Wildman–Crippen LogP) is 2.35. The molecule has 0 fully saturated rings. The van der Waals surface area contributed by atoms with Gasteiger partial charge in [0, 0.05) is 5.69 Å². The first kappa shape index (κ1) is 20.7. The van der Waals surface area contributed by atoms with E-state index >= 15 is 0 Å². The van der Waals surface area contributed by atoms with E-state index in [-0.39, 0.29) is 30.8 Å². The van der Waals surface area contributed by atoms with Gasteiger partial charge in [-0.25, -0.2) is 0 Å². The van der Waals surface area contributed by atoms with Gasteiger partial charge >= 0.3 is 0 Å². The molecule has 25 heavy (non-hydrogen) atoms. The summed E-state index contributed by atoms with van der Waals surface area (Å²) in [5.74, 6) is -0.608. The van der Waals surface area contributed by atoms with Crippen LogP contribution in [0.2, 0.25) is 0 Å². The van der Waals surface area contributed by atoms with Crippen LogP contribution in [-0.2, 0) is 16.0 Å². The molecule has 2 aromatic carbocycles. The molecule has 0 aromatic heterocycles. The van der Waals surface area contributed by atoms with E-state index in [1.54, 1.807) is 0 Å². The third-order valence-corrected chi connectivity index (χ3v) is 3.80. The van der Waals surface area contributed by atoms with Crippen molar-refractivity contribution >= 4 is 29.9 Å². The third-order valence-electron chi connectivity index (χ3n) is 3.80. The van der Waals surface area contributed by atoms with Gasteiger partial charge in [0.15, 0.2) is 0 Å². The predicted molar refractivity (Wildman–Crippen MR) is 103 cm³/mol. The molecule has 0 heterocycles. The van der Waals surface area contributed by atoms with Crippen LogP contribution in [0.4, 0.5) is 5.69 Å². The van der Waals surface area contributed by atoms with E-state index < -0.39 is 6.04 Å². The topological polar surface area (TPSA) is 84.2 Å². The monoisotopic (exact) mass is 361 g/mol. The molecule has 4 N–H and O–H groups in total. The Morgan fingerprint density at radius 1 is 1.00 bits per heavy atom. The number of carbonyl (C=O) groups is 2. The molecular formula is C19H24ClN3O2. The summed E-state index contributed by atoms with van der Waals surface area (Å²) < 4.78 is 0. The van der Waals surface area contributed by atoms with Crippen molar-refractivity contribution in [3.05, 3.63) is 65.2 Å². The molecule has 6 heteroatoms. The Hall–Kier alpha value is -2.37. The van der Waals surface area contributed by atoms with Crippen molar-refractivity contribution in [2.45, 2.75) is 26.3 Å². The van der Waals surface area contributed by atoms with Crippen molar-refractivity contribution in [3.8, 4) is 0 Å². The Morgan fingerprint density at radius 3 is 2.20 bits per heavy atom. The van der Waals surface area contributed by atoms with Gasteiger partial charge in [-0.2, -0.15) is 0 Å². The van der Waals surface area contributed by atoms with E-state index in [0.717, 1.165) is 22.4 Å². The molecule has 0 radical (unpaired) electrons. The van der Waals surface area contributed by atoms with Gasteiger partial charge in [-0.05, 0) is 37.0 Å². The number of anilines is 1. The number of nitrogens with two attached hydrogens (primary N) is 1.